The maximum Gasteiger partial charge on any atom is 0.243 e. The van der Waals surface area contributed by atoms with Gasteiger partial charge in [0.05, 0.1) is 11.2 Å². The van der Waals surface area contributed by atoms with Gasteiger partial charge in [0.2, 0.25) is 15.9 Å². The van der Waals surface area contributed by atoms with Gasteiger partial charge in [-0.3, -0.25) is 4.79 Å². The zero-order valence-corrected chi connectivity index (χ0v) is 18.6. The molecule has 8 heteroatoms. The number of hydrogen-bond donors (Lipinski definition) is 1. The number of benzene rings is 2. The van der Waals surface area contributed by atoms with Gasteiger partial charge in [0.25, 0.3) is 0 Å². The predicted octanol–water partition coefficient (Wildman–Crippen LogP) is 3.40. The van der Waals surface area contributed by atoms with Gasteiger partial charge in [0.15, 0.2) is 0 Å². The van der Waals surface area contributed by atoms with Gasteiger partial charge in [-0.1, -0.05) is 6.07 Å². The Labute approximate surface area is 188 Å². The van der Waals surface area contributed by atoms with Crippen molar-refractivity contribution in [3.8, 4) is 5.69 Å². The molecule has 1 aromatic heterocycles. The molecule has 0 spiro atoms. The maximum absolute atomic E-state index is 13.1. The average Bonchev–Trinajstić information content (AvgIpc) is 3.51. The van der Waals surface area contributed by atoms with Gasteiger partial charge in [-0.2, -0.15) is 4.31 Å². The minimum atomic E-state index is -3.52. The number of piperidine rings is 1. The Kier molecular flexibility index (Phi) is 5.57. The van der Waals surface area contributed by atoms with Crippen molar-refractivity contribution in [2.45, 2.75) is 37.0 Å². The number of fused-ring (bicyclic) bond motifs is 1. The first-order valence-electron chi connectivity index (χ1n) is 11.0. The summed E-state index contributed by atoms with van der Waals surface area (Å²) in [5.41, 5.74) is 4.11. The summed E-state index contributed by atoms with van der Waals surface area (Å²) >= 11 is 0. The summed E-state index contributed by atoms with van der Waals surface area (Å²) in [6.45, 7) is 0.716. The molecule has 7 nitrogen and oxygen atoms in total. The van der Waals surface area contributed by atoms with E-state index in [1.165, 1.54) is 9.87 Å². The summed E-state index contributed by atoms with van der Waals surface area (Å²) in [5, 5.41) is 2.97. The molecule has 32 heavy (non-hydrogen) atoms. The lowest BCUT2D eigenvalue weighted by atomic mass is 9.97. The highest BCUT2D eigenvalue weighted by Crippen LogP contribution is 2.29. The second kappa shape index (κ2) is 8.52. The van der Waals surface area contributed by atoms with Crippen molar-refractivity contribution in [1.82, 2.24) is 13.9 Å². The number of rotatable bonds is 5. The number of aromatic nitrogens is 2. The van der Waals surface area contributed by atoms with Crippen molar-refractivity contribution in [1.29, 1.82) is 0 Å². The molecule has 0 radical (unpaired) electrons. The standard InChI is InChI=1S/C24H26N4O3S/c29-24(26-21-5-7-22(8-6-21)27-15-12-25-17-27)19-10-13-28(14-11-19)32(30,31)23-9-4-18-2-1-3-20(18)16-23/h4-9,12,15-17,19H,1-3,10-11,13-14H2,(H,26,29). The van der Waals surface area contributed by atoms with E-state index in [1.54, 1.807) is 18.6 Å². The fourth-order valence-electron chi connectivity index (χ4n) is 4.59. The molecule has 166 valence electrons. The molecule has 1 saturated heterocycles. The first-order chi connectivity index (χ1) is 15.5. The van der Waals surface area contributed by atoms with Gasteiger partial charge >= 0.3 is 0 Å². The number of nitrogens with zero attached hydrogens (tertiary/aromatic N) is 3. The number of anilines is 1. The van der Waals surface area contributed by atoms with Crippen LogP contribution in [0.25, 0.3) is 5.69 Å². The first-order valence-corrected chi connectivity index (χ1v) is 12.5. The Bertz CT molecular complexity index is 1210. The summed E-state index contributed by atoms with van der Waals surface area (Å²) in [6, 6.07) is 13.1. The van der Waals surface area contributed by atoms with Gasteiger partial charge in [-0.05, 0) is 79.6 Å². The van der Waals surface area contributed by atoms with E-state index in [0.717, 1.165) is 36.2 Å². The predicted molar refractivity (Wildman–Crippen MR) is 122 cm³/mol. The quantitative estimate of drug-likeness (QED) is 0.646. The molecule has 1 aliphatic carbocycles. The molecule has 0 unspecified atom stereocenters. The molecule has 3 aromatic rings. The van der Waals surface area contributed by atoms with E-state index in [0.29, 0.717) is 30.8 Å². The molecule has 1 fully saturated rings. The molecule has 5 rings (SSSR count). The molecule has 0 bridgehead atoms. The second-order valence-corrected chi connectivity index (χ2v) is 10.4. The lowest BCUT2D eigenvalue weighted by Crippen LogP contribution is -2.41. The molecular weight excluding hydrogens is 424 g/mol. The SMILES string of the molecule is O=C(Nc1ccc(-n2ccnc2)cc1)C1CCN(S(=O)(=O)c2ccc3c(c2)CCC3)CC1. The van der Waals surface area contributed by atoms with Gasteiger partial charge in [-0.15, -0.1) is 0 Å². The normalized spacial score (nSPS) is 17.2. The van der Waals surface area contributed by atoms with Crippen LogP contribution in [0.15, 0.2) is 66.1 Å². The highest BCUT2D eigenvalue weighted by Gasteiger charge is 2.32. The van der Waals surface area contributed by atoms with E-state index in [1.807, 2.05) is 47.2 Å². The number of carbonyl (C=O) groups is 1. The van der Waals surface area contributed by atoms with Crippen LogP contribution in [-0.4, -0.2) is 41.3 Å². The van der Waals surface area contributed by atoms with E-state index in [4.69, 9.17) is 0 Å². The highest BCUT2D eigenvalue weighted by atomic mass is 32.2. The number of sulfonamides is 1. The second-order valence-electron chi connectivity index (χ2n) is 8.47. The number of amides is 1. The van der Waals surface area contributed by atoms with E-state index < -0.39 is 10.0 Å². The maximum atomic E-state index is 13.1. The third kappa shape index (κ3) is 4.08. The summed E-state index contributed by atoms with van der Waals surface area (Å²) in [5.74, 6) is -0.259. The fourth-order valence-corrected chi connectivity index (χ4v) is 6.11. The number of hydrogen-bond acceptors (Lipinski definition) is 4. The number of imidazole rings is 1. The van der Waals surface area contributed by atoms with Crippen LogP contribution in [0.3, 0.4) is 0 Å². The van der Waals surface area contributed by atoms with Crippen molar-refractivity contribution in [2.75, 3.05) is 18.4 Å². The number of carbonyl (C=O) groups excluding carboxylic acids is 1. The zero-order chi connectivity index (χ0) is 22.1. The van der Waals surface area contributed by atoms with Crippen molar-refractivity contribution in [3.63, 3.8) is 0 Å². The topological polar surface area (TPSA) is 84.3 Å². The molecule has 1 amide bonds. The Morgan fingerprint density at radius 3 is 2.47 bits per heavy atom. The lowest BCUT2D eigenvalue weighted by Gasteiger charge is -2.30. The highest BCUT2D eigenvalue weighted by molar-refractivity contribution is 7.89. The van der Waals surface area contributed by atoms with Crippen LogP contribution in [0, 0.1) is 5.92 Å². The van der Waals surface area contributed by atoms with Crippen LogP contribution in [-0.2, 0) is 27.7 Å². The molecule has 2 aliphatic rings. The Balaban J connectivity index is 1.19. The van der Waals surface area contributed by atoms with Gasteiger partial charge in [-0.25, -0.2) is 13.4 Å². The summed E-state index contributed by atoms with van der Waals surface area (Å²) < 4.78 is 29.6. The zero-order valence-electron chi connectivity index (χ0n) is 17.8. The Morgan fingerprint density at radius 2 is 1.75 bits per heavy atom. The van der Waals surface area contributed by atoms with Crippen LogP contribution in [0.4, 0.5) is 5.69 Å². The Morgan fingerprint density at radius 1 is 1.00 bits per heavy atom. The summed E-state index contributed by atoms with van der Waals surface area (Å²) in [7, 11) is -3.52. The van der Waals surface area contributed by atoms with Crippen molar-refractivity contribution in [3.05, 3.63) is 72.3 Å². The number of aryl methyl sites for hydroxylation is 2. The van der Waals surface area contributed by atoms with Crippen molar-refractivity contribution in [2.24, 2.45) is 5.92 Å². The summed E-state index contributed by atoms with van der Waals surface area (Å²) in [6.07, 6.45) is 9.40. The van der Waals surface area contributed by atoms with Crippen LogP contribution >= 0.6 is 0 Å². The first kappa shape index (κ1) is 20.9. The van der Waals surface area contributed by atoms with E-state index in [2.05, 4.69) is 10.3 Å². The van der Waals surface area contributed by atoms with Gasteiger partial charge in [0.1, 0.15) is 0 Å². The Hall–Kier alpha value is -2.97. The molecule has 2 aromatic carbocycles. The van der Waals surface area contributed by atoms with Gasteiger partial charge < -0.3 is 9.88 Å². The largest absolute Gasteiger partial charge is 0.326 e. The molecule has 1 N–H and O–H groups in total. The van der Waals surface area contributed by atoms with Crippen molar-refractivity contribution >= 4 is 21.6 Å². The minimum Gasteiger partial charge on any atom is -0.326 e. The van der Waals surface area contributed by atoms with Crippen LogP contribution in [0.5, 0.6) is 0 Å². The van der Waals surface area contributed by atoms with E-state index in [-0.39, 0.29) is 11.8 Å². The van der Waals surface area contributed by atoms with Crippen molar-refractivity contribution < 1.29 is 13.2 Å². The number of nitrogens with one attached hydrogen (secondary N) is 1. The van der Waals surface area contributed by atoms with Crippen LogP contribution < -0.4 is 5.32 Å². The third-order valence-electron chi connectivity index (χ3n) is 6.47. The average molecular weight is 451 g/mol. The molecule has 0 atom stereocenters. The van der Waals surface area contributed by atoms with Gasteiger partial charge in [0, 0.05) is 42.8 Å². The van der Waals surface area contributed by atoms with Crippen LogP contribution in [0.2, 0.25) is 0 Å². The van der Waals surface area contributed by atoms with E-state index in [9.17, 15) is 13.2 Å². The molecule has 0 saturated carbocycles. The summed E-state index contributed by atoms with van der Waals surface area (Å²) in [4.78, 5) is 17.1. The molecule has 1 aliphatic heterocycles. The van der Waals surface area contributed by atoms with Crippen LogP contribution in [0.1, 0.15) is 30.4 Å². The lowest BCUT2D eigenvalue weighted by molar-refractivity contribution is -0.120. The minimum absolute atomic E-state index is 0.0602. The smallest absolute Gasteiger partial charge is 0.243 e. The third-order valence-corrected chi connectivity index (χ3v) is 8.36. The molecule has 2 heterocycles. The van der Waals surface area contributed by atoms with E-state index >= 15 is 0 Å². The molecular formula is C24H26N4O3S. The monoisotopic (exact) mass is 450 g/mol. The fraction of sp³-hybridized carbons (Fsp3) is 0.333.